The van der Waals surface area contributed by atoms with Crippen molar-refractivity contribution in [2.24, 2.45) is 0 Å². The standard InChI is InChI=1S/2C18H14N.Ir/c2*1-3-7-15(8-4-1)13-16-11-12-19-18(14-16)17-9-5-2-6-10-17;/h2*1-9,11-12,14H,13H2;/q2*-1;/i2*13D2;. The van der Waals surface area contributed by atoms with Gasteiger partial charge in [0.15, 0.2) is 0 Å². The molecule has 0 bridgehead atoms. The van der Waals surface area contributed by atoms with Crippen LogP contribution in [0.5, 0.6) is 0 Å². The van der Waals surface area contributed by atoms with Gasteiger partial charge in [0.25, 0.3) is 0 Å². The van der Waals surface area contributed by atoms with E-state index in [0.717, 1.165) is 22.5 Å². The summed E-state index contributed by atoms with van der Waals surface area (Å²) in [6.07, 6.45) is 0.194. The quantitative estimate of drug-likeness (QED) is 0.165. The van der Waals surface area contributed by atoms with Crippen LogP contribution in [0.3, 0.4) is 0 Å². The molecule has 4 aromatic carbocycles. The molecule has 193 valence electrons. The van der Waals surface area contributed by atoms with E-state index < -0.39 is 12.7 Å². The van der Waals surface area contributed by atoms with Crippen LogP contribution >= 0.6 is 0 Å². The van der Waals surface area contributed by atoms with Gasteiger partial charge < -0.3 is 9.97 Å². The van der Waals surface area contributed by atoms with Crippen LogP contribution in [0, 0.1) is 12.1 Å². The predicted molar refractivity (Wildman–Crippen MR) is 156 cm³/mol. The Morgan fingerprint density at radius 1 is 0.487 bits per heavy atom. The summed E-state index contributed by atoms with van der Waals surface area (Å²) >= 11 is 0. The molecule has 0 unspecified atom stereocenters. The fourth-order valence-corrected chi connectivity index (χ4v) is 3.79. The molecule has 0 amide bonds. The molecule has 0 fully saturated rings. The van der Waals surface area contributed by atoms with Crippen LogP contribution in [0.15, 0.2) is 146 Å². The van der Waals surface area contributed by atoms with Crippen molar-refractivity contribution in [3.63, 3.8) is 0 Å². The van der Waals surface area contributed by atoms with Gasteiger partial charge in [-0.2, -0.15) is 0 Å². The molecule has 0 spiro atoms. The minimum atomic E-state index is -1.55. The smallest absolute Gasteiger partial charge is 0.0365 e. The predicted octanol–water partition coefficient (Wildman–Crippen LogP) is 8.28. The Balaban J connectivity index is 0.000000192. The molecule has 0 aliphatic rings. The van der Waals surface area contributed by atoms with Gasteiger partial charge in [-0.15, -0.1) is 71.8 Å². The largest absolute Gasteiger partial charge is 0.305 e. The van der Waals surface area contributed by atoms with Crippen molar-refractivity contribution in [1.29, 1.82) is 0 Å². The minimum Gasteiger partial charge on any atom is -0.305 e. The van der Waals surface area contributed by atoms with E-state index in [1.807, 2.05) is 84.9 Å². The van der Waals surface area contributed by atoms with Gasteiger partial charge in [-0.05, 0) is 58.5 Å². The van der Waals surface area contributed by atoms with E-state index in [-0.39, 0.29) is 20.1 Å². The zero-order valence-electron chi connectivity index (χ0n) is 25.1. The number of aromatic nitrogens is 2. The van der Waals surface area contributed by atoms with Gasteiger partial charge in [0.05, 0.1) is 0 Å². The molecule has 0 N–H and O–H groups in total. The zero-order valence-corrected chi connectivity index (χ0v) is 23.5. The molecule has 0 atom stereocenters. The summed E-state index contributed by atoms with van der Waals surface area (Å²) < 4.78 is 33.6. The molecule has 39 heavy (non-hydrogen) atoms. The van der Waals surface area contributed by atoms with Gasteiger partial charge in [-0.1, -0.05) is 72.8 Å². The van der Waals surface area contributed by atoms with Gasteiger partial charge in [-0.25, -0.2) is 0 Å². The second-order valence-corrected chi connectivity index (χ2v) is 8.39. The molecule has 2 nitrogen and oxygen atoms in total. The van der Waals surface area contributed by atoms with Gasteiger partial charge >= 0.3 is 0 Å². The molecule has 0 saturated heterocycles. The van der Waals surface area contributed by atoms with Crippen LogP contribution in [0.25, 0.3) is 22.5 Å². The molecule has 0 saturated carbocycles. The van der Waals surface area contributed by atoms with Crippen molar-refractivity contribution in [3.8, 4) is 22.5 Å². The third kappa shape index (κ3) is 8.41. The molecule has 6 rings (SSSR count). The molecule has 3 heteroatoms. The minimum absolute atomic E-state index is 0. The van der Waals surface area contributed by atoms with Crippen molar-refractivity contribution in [3.05, 3.63) is 180 Å². The van der Waals surface area contributed by atoms with Crippen molar-refractivity contribution < 1.29 is 25.6 Å². The number of rotatable bonds is 6. The van der Waals surface area contributed by atoms with Crippen LogP contribution < -0.4 is 0 Å². The van der Waals surface area contributed by atoms with Gasteiger partial charge in [0.1, 0.15) is 0 Å². The van der Waals surface area contributed by atoms with Crippen LogP contribution in [0.1, 0.15) is 27.7 Å². The molecule has 2 aromatic heterocycles. The maximum absolute atomic E-state index is 8.40. The zero-order chi connectivity index (χ0) is 29.4. The van der Waals surface area contributed by atoms with Crippen molar-refractivity contribution in [2.45, 2.75) is 12.7 Å². The Kier molecular flexibility index (Phi) is 8.58. The first-order chi connectivity index (χ1) is 20.4. The van der Waals surface area contributed by atoms with Gasteiger partial charge in [0, 0.05) is 38.0 Å². The molecular weight excluding hydrogens is 653 g/mol. The summed E-state index contributed by atoms with van der Waals surface area (Å²) in [5.74, 6) is 0. The van der Waals surface area contributed by atoms with Crippen molar-refractivity contribution >= 4 is 0 Å². The first-order valence-electron chi connectivity index (χ1n) is 14.3. The monoisotopic (exact) mass is 685 g/mol. The van der Waals surface area contributed by atoms with E-state index in [2.05, 4.69) is 22.1 Å². The topological polar surface area (TPSA) is 25.8 Å². The van der Waals surface area contributed by atoms with E-state index in [1.54, 1.807) is 60.9 Å². The fourth-order valence-electron chi connectivity index (χ4n) is 3.79. The third-order valence-electron chi connectivity index (χ3n) is 5.61. The third-order valence-corrected chi connectivity index (χ3v) is 5.61. The van der Waals surface area contributed by atoms with Crippen molar-refractivity contribution in [2.75, 3.05) is 0 Å². The summed E-state index contributed by atoms with van der Waals surface area (Å²) in [7, 11) is 0. The molecule has 0 aliphatic heterocycles. The first kappa shape index (κ1) is 22.8. The summed E-state index contributed by atoms with van der Waals surface area (Å²) in [6, 6.07) is 46.8. The first-order valence-corrected chi connectivity index (χ1v) is 12.3. The Labute approximate surface area is 250 Å². The number of pyridine rings is 2. The average molecular weight is 685 g/mol. The summed E-state index contributed by atoms with van der Waals surface area (Å²) in [5.41, 5.74) is 5.65. The van der Waals surface area contributed by atoms with Crippen molar-refractivity contribution in [1.82, 2.24) is 9.97 Å². The number of benzene rings is 4. The Bertz CT molecular complexity index is 1590. The van der Waals surface area contributed by atoms with E-state index in [0.29, 0.717) is 22.3 Å². The van der Waals surface area contributed by atoms with Crippen LogP contribution in [0.4, 0.5) is 0 Å². The molecular formula is C36H28IrN2-2. The maximum atomic E-state index is 8.40. The summed E-state index contributed by atoms with van der Waals surface area (Å²) in [4.78, 5) is 8.64. The van der Waals surface area contributed by atoms with Crippen LogP contribution in [0.2, 0.25) is 0 Å². The maximum Gasteiger partial charge on any atom is 0.0365 e. The van der Waals surface area contributed by atoms with E-state index in [1.165, 1.54) is 0 Å². The molecule has 2 heterocycles. The van der Waals surface area contributed by atoms with Crippen LogP contribution in [-0.2, 0) is 32.9 Å². The van der Waals surface area contributed by atoms with E-state index in [9.17, 15) is 0 Å². The second-order valence-electron chi connectivity index (χ2n) is 8.39. The Morgan fingerprint density at radius 3 is 1.28 bits per heavy atom. The Morgan fingerprint density at radius 2 is 0.897 bits per heavy atom. The number of nitrogens with zero attached hydrogens (tertiary/aromatic N) is 2. The van der Waals surface area contributed by atoms with Crippen LogP contribution in [-0.4, -0.2) is 9.97 Å². The number of hydrogen-bond acceptors (Lipinski definition) is 2. The summed E-state index contributed by atoms with van der Waals surface area (Å²) in [5, 5.41) is 0. The average Bonchev–Trinajstić information content (AvgIpc) is 3.07. The van der Waals surface area contributed by atoms with Gasteiger partial charge in [-0.3, -0.25) is 0 Å². The molecule has 1 radical (unpaired) electrons. The fraction of sp³-hybridized carbons (Fsp3) is 0.0556. The SMILES string of the molecule is [2H]C([2H])(c1ccccc1)c1ccnc(-c2[c-]cccc2)c1.[2H]C([2H])(c1ccccc1)c1ccnc(-c2[c-]cccc2)c1.[Ir]. The second kappa shape index (κ2) is 14.7. The van der Waals surface area contributed by atoms with E-state index >= 15 is 0 Å². The normalized spacial score (nSPS) is 12.3. The Hall–Kier alpha value is -4.17. The van der Waals surface area contributed by atoms with Gasteiger partial charge in [0.2, 0.25) is 0 Å². The summed E-state index contributed by atoms with van der Waals surface area (Å²) in [6.45, 7) is 0. The molecule has 6 aromatic rings. The van der Waals surface area contributed by atoms with E-state index in [4.69, 9.17) is 5.48 Å². The molecule has 0 aliphatic carbocycles. The number of hydrogen-bond donors (Lipinski definition) is 0.